The van der Waals surface area contributed by atoms with Crippen LogP contribution < -0.4 is 10.1 Å². The number of nitrogens with one attached hydrogen (secondary N) is 1. The lowest BCUT2D eigenvalue weighted by Gasteiger charge is -2.32. The first-order chi connectivity index (χ1) is 14.4. The third kappa shape index (κ3) is 4.59. The highest BCUT2D eigenvalue weighted by Crippen LogP contribution is 2.46. The van der Waals surface area contributed by atoms with E-state index in [1.54, 1.807) is 13.0 Å². The molecule has 8 heteroatoms. The maximum atomic E-state index is 14.5. The first-order valence-electron chi connectivity index (χ1n) is 10.1. The topological polar surface area (TPSA) is 54.5 Å². The van der Waals surface area contributed by atoms with Crippen LogP contribution in [0.15, 0.2) is 30.5 Å². The van der Waals surface area contributed by atoms with Gasteiger partial charge in [0.05, 0.1) is 0 Å². The number of halogens is 3. The fourth-order valence-corrected chi connectivity index (χ4v) is 4.07. The average Bonchev–Trinajstić information content (AvgIpc) is 3.47. The Hall–Kier alpha value is -2.61. The highest BCUT2D eigenvalue weighted by Gasteiger charge is 2.42. The van der Waals surface area contributed by atoms with Gasteiger partial charge in [0, 0.05) is 61.4 Å². The van der Waals surface area contributed by atoms with Gasteiger partial charge >= 0.3 is 0 Å². The third-order valence-corrected chi connectivity index (χ3v) is 5.83. The second-order valence-corrected chi connectivity index (χ2v) is 7.94. The maximum absolute atomic E-state index is 14.5. The number of rotatable bonds is 6. The Kier molecular flexibility index (Phi) is 5.94. The van der Waals surface area contributed by atoms with E-state index >= 15 is 0 Å². The summed E-state index contributed by atoms with van der Waals surface area (Å²) in [6.45, 7) is 2.81. The highest BCUT2D eigenvalue weighted by atomic mass is 19.1. The molecule has 1 N–H and O–H groups in total. The van der Waals surface area contributed by atoms with Gasteiger partial charge in [0.1, 0.15) is 12.4 Å². The molecule has 1 aromatic heterocycles. The van der Waals surface area contributed by atoms with E-state index in [0.29, 0.717) is 18.7 Å². The average molecular weight is 419 g/mol. The summed E-state index contributed by atoms with van der Waals surface area (Å²) in [5.74, 6) is -2.17. The molecule has 1 amide bonds. The zero-order chi connectivity index (χ0) is 21.3. The highest BCUT2D eigenvalue weighted by molar-refractivity contribution is 5.73. The summed E-state index contributed by atoms with van der Waals surface area (Å²) in [7, 11) is 0. The van der Waals surface area contributed by atoms with Crippen LogP contribution in [-0.4, -0.2) is 41.0 Å². The van der Waals surface area contributed by atoms with Crippen LogP contribution in [0.3, 0.4) is 0 Å². The Labute approximate surface area is 173 Å². The molecule has 1 aliphatic carbocycles. The van der Waals surface area contributed by atoms with E-state index in [1.807, 2.05) is 4.90 Å². The Balaban J connectivity index is 1.42. The van der Waals surface area contributed by atoms with Crippen molar-refractivity contribution in [2.45, 2.75) is 50.8 Å². The molecule has 2 atom stereocenters. The summed E-state index contributed by atoms with van der Waals surface area (Å²) in [6.07, 6.45) is 3.77. The standard InChI is InChI=1S/C22H24F3N3O2/c1-13(29)28-7-4-16(5-8-28)27-20-11-17(20)18-9-15(23)10-19(24)21(18)30-12-14-3-2-6-26-22(14)25/h2-3,6,9-10,16-17,20,27H,4-5,7-8,11-12H2,1H3/t17-,20+/m0/s1. The molecule has 1 saturated carbocycles. The van der Waals surface area contributed by atoms with Crippen molar-refractivity contribution in [3.8, 4) is 5.75 Å². The summed E-state index contributed by atoms with van der Waals surface area (Å²) < 4.78 is 47.7. The van der Waals surface area contributed by atoms with E-state index in [-0.39, 0.29) is 41.8 Å². The molecule has 4 rings (SSSR count). The fourth-order valence-electron chi connectivity index (χ4n) is 4.07. The molecule has 1 aliphatic heterocycles. The van der Waals surface area contributed by atoms with Crippen molar-refractivity contribution >= 4 is 5.91 Å². The minimum absolute atomic E-state index is 0.0413. The van der Waals surface area contributed by atoms with Crippen LogP contribution >= 0.6 is 0 Å². The zero-order valence-corrected chi connectivity index (χ0v) is 16.7. The predicted octanol–water partition coefficient (Wildman–Crippen LogP) is 3.53. The summed E-state index contributed by atoms with van der Waals surface area (Å²) in [4.78, 5) is 16.8. The van der Waals surface area contributed by atoms with Gasteiger partial charge in [-0.1, -0.05) is 0 Å². The Morgan fingerprint density at radius 3 is 2.73 bits per heavy atom. The van der Waals surface area contributed by atoms with Gasteiger partial charge in [0.15, 0.2) is 11.6 Å². The number of hydrogen-bond donors (Lipinski definition) is 1. The van der Waals surface area contributed by atoms with Gasteiger partial charge in [-0.15, -0.1) is 0 Å². The molecule has 1 saturated heterocycles. The molecule has 2 fully saturated rings. The lowest BCUT2D eigenvalue weighted by Crippen LogP contribution is -2.45. The van der Waals surface area contributed by atoms with Gasteiger partial charge < -0.3 is 15.0 Å². The Morgan fingerprint density at radius 2 is 2.03 bits per heavy atom. The number of aromatic nitrogens is 1. The number of ether oxygens (including phenoxy) is 1. The van der Waals surface area contributed by atoms with Crippen molar-refractivity contribution in [3.63, 3.8) is 0 Å². The van der Waals surface area contributed by atoms with Crippen LogP contribution in [-0.2, 0) is 11.4 Å². The number of benzene rings is 1. The van der Waals surface area contributed by atoms with Crippen molar-refractivity contribution in [1.29, 1.82) is 0 Å². The van der Waals surface area contributed by atoms with E-state index < -0.39 is 17.6 Å². The van der Waals surface area contributed by atoms with E-state index in [1.165, 1.54) is 18.3 Å². The molecule has 160 valence electrons. The molecule has 0 radical (unpaired) electrons. The molecule has 0 unspecified atom stereocenters. The van der Waals surface area contributed by atoms with Crippen LogP contribution in [0.1, 0.15) is 43.2 Å². The van der Waals surface area contributed by atoms with Crippen LogP contribution in [0.25, 0.3) is 0 Å². The quantitative estimate of drug-likeness (QED) is 0.728. The number of pyridine rings is 1. The first kappa shape index (κ1) is 20.7. The number of piperidine rings is 1. The predicted molar refractivity (Wildman–Crippen MR) is 104 cm³/mol. The Bertz CT molecular complexity index is 932. The molecule has 2 aliphatic rings. The second kappa shape index (κ2) is 8.63. The Morgan fingerprint density at radius 1 is 1.27 bits per heavy atom. The number of carbonyl (C=O) groups is 1. The van der Waals surface area contributed by atoms with Gasteiger partial charge in [0.25, 0.3) is 0 Å². The van der Waals surface area contributed by atoms with E-state index in [0.717, 1.165) is 25.3 Å². The van der Waals surface area contributed by atoms with Crippen molar-refractivity contribution in [1.82, 2.24) is 15.2 Å². The molecule has 5 nitrogen and oxygen atoms in total. The summed E-state index contributed by atoms with van der Waals surface area (Å²) in [6, 6.07) is 5.52. The zero-order valence-electron chi connectivity index (χ0n) is 16.7. The summed E-state index contributed by atoms with van der Waals surface area (Å²) >= 11 is 0. The first-order valence-corrected chi connectivity index (χ1v) is 10.1. The molecule has 1 aromatic carbocycles. The van der Waals surface area contributed by atoms with E-state index in [2.05, 4.69) is 10.3 Å². The van der Waals surface area contributed by atoms with E-state index in [9.17, 15) is 18.0 Å². The number of nitrogens with zero attached hydrogens (tertiary/aromatic N) is 2. The third-order valence-electron chi connectivity index (χ3n) is 5.83. The van der Waals surface area contributed by atoms with Gasteiger partial charge in [-0.05, 0) is 37.5 Å². The monoisotopic (exact) mass is 419 g/mol. The molecular weight excluding hydrogens is 395 g/mol. The van der Waals surface area contributed by atoms with E-state index in [4.69, 9.17) is 4.74 Å². The lowest BCUT2D eigenvalue weighted by molar-refractivity contribution is -0.129. The van der Waals surface area contributed by atoms with Crippen LogP contribution in [0.2, 0.25) is 0 Å². The number of hydrogen-bond acceptors (Lipinski definition) is 4. The molecule has 0 bridgehead atoms. The number of carbonyl (C=O) groups excluding carboxylic acids is 1. The molecular formula is C22H24F3N3O2. The fraction of sp³-hybridized carbons (Fsp3) is 0.455. The number of likely N-dealkylation sites (tertiary alicyclic amines) is 1. The molecule has 2 heterocycles. The van der Waals surface area contributed by atoms with Crippen molar-refractivity contribution in [2.75, 3.05) is 13.1 Å². The lowest BCUT2D eigenvalue weighted by atomic mass is 10.0. The van der Waals surface area contributed by atoms with Gasteiger partial charge in [-0.2, -0.15) is 4.39 Å². The number of amides is 1. The van der Waals surface area contributed by atoms with Crippen LogP contribution in [0, 0.1) is 17.6 Å². The SMILES string of the molecule is CC(=O)N1CCC(N[C@@H]2C[C@H]2c2cc(F)cc(F)c2OCc2cccnc2F)CC1. The van der Waals surface area contributed by atoms with Gasteiger partial charge in [-0.25, -0.2) is 13.8 Å². The minimum Gasteiger partial charge on any atom is -0.485 e. The second-order valence-electron chi connectivity index (χ2n) is 7.94. The summed E-state index contributed by atoms with van der Waals surface area (Å²) in [5, 5.41) is 3.54. The van der Waals surface area contributed by atoms with Crippen LogP contribution in [0.4, 0.5) is 13.2 Å². The normalized spacial score (nSPS) is 21.5. The van der Waals surface area contributed by atoms with Gasteiger partial charge in [-0.3, -0.25) is 4.79 Å². The molecule has 0 spiro atoms. The minimum atomic E-state index is -0.797. The van der Waals surface area contributed by atoms with Gasteiger partial charge in [0.2, 0.25) is 11.9 Å². The van der Waals surface area contributed by atoms with Crippen molar-refractivity contribution in [3.05, 3.63) is 59.2 Å². The van der Waals surface area contributed by atoms with Crippen molar-refractivity contribution < 1.29 is 22.7 Å². The molecule has 30 heavy (non-hydrogen) atoms. The smallest absolute Gasteiger partial charge is 0.219 e. The van der Waals surface area contributed by atoms with Crippen molar-refractivity contribution in [2.24, 2.45) is 0 Å². The largest absolute Gasteiger partial charge is 0.485 e. The summed E-state index contributed by atoms with van der Waals surface area (Å²) in [5.41, 5.74) is 0.658. The maximum Gasteiger partial charge on any atom is 0.219 e. The molecule has 2 aromatic rings. The van der Waals surface area contributed by atoms with Crippen LogP contribution in [0.5, 0.6) is 5.75 Å².